The van der Waals surface area contributed by atoms with Crippen LogP contribution >= 0.6 is 11.8 Å². The highest BCUT2D eigenvalue weighted by Crippen LogP contribution is 2.29. The highest BCUT2D eigenvalue weighted by atomic mass is 32.2. The molecule has 1 aromatic heterocycles. The number of carbonyl (C=O) groups is 3. The minimum Gasteiger partial charge on any atom is -0.326 e. The average molecular weight is 470 g/mol. The van der Waals surface area contributed by atoms with E-state index < -0.39 is 5.25 Å². The summed E-state index contributed by atoms with van der Waals surface area (Å²) < 4.78 is 0. The molecule has 2 aromatic rings. The van der Waals surface area contributed by atoms with Crippen molar-refractivity contribution in [1.29, 1.82) is 0 Å². The minimum absolute atomic E-state index is 0.177. The van der Waals surface area contributed by atoms with Crippen molar-refractivity contribution in [3.05, 3.63) is 59.4 Å². The van der Waals surface area contributed by atoms with E-state index in [1.165, 1.54) is 4.90 Å². The highest BCUT2D eigenvalue weighted by Gasteiger charge is 2.39. The number of aryl methyl sites for hydroxylation is 1. The Kier molecular flexibility index (Phi) is 8.39. The Morgan fingerprint density at radius 3 is 2.58 bits per heavy atom. The minimum atomic E-state index is -0.455. The molecule has 0 bridgehead atoms. The van der Waals surface area contributed by atoms with Gasteiger partial charge in [-0.2, -0.15) is 5.10 Å². The van der Waals surface area contributed by atoms with Crippen molar-refractivity contribution in [2.24, 2.45) is 16.8 Å². The van der Waals surface area contributed by atoms with Crippen LogP contribution < -0.4 is 22.4 Å². The van der Waals surface area contributed by atoms with Crippen LogP contribution in [-0.4, -0.2) is 44.6 Å². The summed E-state index contributed by atoms with van der Waals surface area (Å²) in [4.78, 5) is 42.8. The monoisotopic (exact) mass is 469 g/mol. The van der Waals surface area contributed by atoms with E-state index in [-0.39, 0.29) is 30.0 Å². The molecule has 0 radical (unpaired) electrons. The van der Waals surface area contributed by atoms with Gasteiger partial charge in [-0.1, -0.05) is 24.8 Å². The third-order valence-electron chi connectivity index (χ3n) is 5.17. The molecule has 0 aliphatic carbocycles. The van der Waals surface area contributed by atoms with Crippen LogP contribution in [0.4, 0.5) is 10.5 Å². The molecule has 33 heavy (non-hydrogen) atoms. The number of hydrogen-bond donors (Lipinski definition) is 4. The zero-order valence-corrected chi connectivity index (χ0v) is 19.1. The molecule has 1 saturated heterocycles. The molecule has 11 heteroatoms. The summed E-state index contributed by atoms with van der Waals surface area (Å²) in [6, 6.07) is 10.7. The van der Waals surface area contributed by atoms with Crippen LogP contribution in [0.1, 0.15) is 36.6 Å². The van der Waals surface area contributed by atoms with Crippen LogP contribution in [0.25, 0.3) is 0 Å². The molecule has 1 aliphatic heterocycles. The number of hydrazine groups is 1. The van der Waals surface area contributed by atoms with E-state index in [2.05, 4.69) is 20.8 Å². The molecular weight excluding hydrogens is 442 g/mol. The molecule has 1 fully saturated rings. The fourth-order valence-corrected chi connectivity index (χ4v) is 4.41. The number of benzene rings is 1. The van der Waals surface area contributed by atoms with E-state index in [0.29, 0.717) is 29.9 Å². The Morgan fingerprint density at radius 2 is 1.97 bits per heavy atom. The van der Waals surface area contributed by atoms with Gasteiger partial charge in [0, 0.05) is 36.1 Å². The summed E-state index contributed by atoms with van der Waals surface area (Å²) in [6.07, 6.45) is 3.61. The first-order valence-corrected chi connectivity index (χ1v) is 11.4. The zero-order valence-electron chi connectivity index (χ0n) is 18.3. The van der Waals surface area contributed by atoms with E-state index in [4.69, 9.17) is 11.7 Å². The number of pyridine rings is 1. The Hall–Kier alpha value is -3.44. The first-order valence-electron chi connectivity index (χ1n) is 10.6. The van der Waals surface area contributed by atoms with E-state index in [1.807, 2.05) is 19.1 Å². The number of thioether (sulfide) groups is 1. The van der Waals surface area contributed by atoms with Crippen molar-refractivity contribution in [3.63, 3.8) is 0 Å². The van der Waals surface area contributed by atoms with Crippen LogP contribution in [0.5, 0.6) is 0 Å². The standard InChI is InChI=1S/C22H27N7O3S/c1-2-16-8-5-14(13-25-16)12-18-21(31)29(22(32)33-18)11-3-4-19(30)26-17-9-6-15(7-10-17)20(27-23)28-24/h5-10,13,18H,2-4,11-12,23-24H2,1H3,(H,26,30)(H,27,28). The lowest BCUT2D eigenvalue weighted by Gasteiger charge is -2.14. The molecule has 174 valence electrons. The van der Waals surface area contributed by atoms with Crippen LogP contribution in [0.15, 0.2) is 47.7 Å². The summed E-state index contributed by atoms with van der Waals surface area (Å²) in [7, 11) is 0. The number of hydrogen-bond acceptors (Lipinski definition) is 8. The second-order valence-electron chi connectivity index (χ2n) is 7.43. The number of amidine groups is 1. The van der Waals surface area contributed by atoms with Crippen molar-refractivity contribution in [2.75, 3.05) is 11.9 Å². The van der Waals surface area contributed by atoms with Gasteiger partial charge in [-0.05, 0) is 55.2 Å². The van der Waals surface area contributed by atoms with E-state index in [0.717, 1.165) is 29.4 Å². The fraction of sp³-hybridized carbons (Fsp3) is 0.318. The van der Waals surface area contributed by atoms with Gasteiger partial charge in [-0.3, -0.25) is 24.3 Å². The van der Waals surface area contributed by atoms with Gasteiger partial charge in [0.2, 0.25) is 11.8 Å². The molecule has 6 N–H and O–H groups in total. The van der Waals surface area contributed by atoms with Crippen molar-refractivity contribution >= 4 is 40.3 Å². The number of aromatic nitrogens is 1. The number of hydrazone groups is 1. The topological polar surface area (TPSA) is 156 Å². The molecule has 1 unspecified atom stereocenters. The van der Waals surface area contributed by atoms with Crippen molar-refractivity contribution in [3.8, 4) is 0 Å². The second-order valence-corrected chi connectivity index (χ2v) is 8.58. The van der Waals surface area contributed by atoms with Gasteiger partial charge in [0.05, 0.1) is 5.25 Å². The van der Waals surface area contributed by atoms with Crippen LogP contribution in [0.3, 0.4) is 0 Å². The third-order valence-corrected chi connectivity index (χ3v) is 6.24. The maximum atomic E-state index is 12.7. The zero-order chi connectivity index (χ0) is 23.8. The lowest BCUT2D eigenvalue weighted by Crippen LogP contribution is -2.33. The largest absolute Gasteiger partial charge is 0.326 e. The molecule has 2 heterocycles. The molecule has 1 atom stereocenters. The van der Waals surface area contributed by atoms with Crippen LogP contribution in [0.2, 0.25) is 0 Å². The van der Waals surface area contributed by atoms with E-state index in [1.54, 1.807) is 30.5 Å². The molecule has 3 amide bonds. The smallest absolute Gasteiger partial charge is 0.289 e. The summed E-state index contributed by atoms with van der Waals surface area (Å²) in [5.41, 5.74) is 5.56. The number of nitrogens with zero attached hydrogens (tertiary/aromatic N) is 3. The number of nitrogens with one attached hydrogen (secondary N) is 2. The quantitative estimate of drug-likeness (QED) is 0.187. The van der Waals surface area contributed by atoms with Gasteiger partial charge >= 0.3 is 0 Å². The number of amides is 3. The number of nitrogens with two attached hydrogens (primary N) is 2. The van der Waals surface area contributed by atoms with Gasteiger partial charge < -0.3 is 16.6 Å². The number of carbonyl (C=O) groups excluding carboxylic acids is 3. The van der Waals surface area contributed by atoms with Crippen molar-refractivity contribution in [2.45, 2.75) is 37.9 Å². The van der Waals surface area contributed by atoms with Crippen LogP contribution in [-0.2, 0) is 22.4 Å². The van der Waals surface area contributed by atoms with Gasteiger partial charge in [-0.15, -0.1) is 0 Å². The predicted octanol–water partition coefficient (Wildman–Crippen LogP) is 1.75. The molecule has 3 rings (SSSR count). The Bertz CT molecular complexity index is 1030. The summed E-state index contributed by atoms with van der Waals surface area (Å²) >= 11 is 1.03. The van der Waals surface area contributed by atoms with E-state index in [9.17, 15) is 14.4 Å². The van der Waals surface area contributed by atoms with Gasteiger partial charge in [-0.25, -0.2) is 5.84 Å². The number of rotatable bonds is 9. The van der Waals surface area contributed by atoms with Crippen molar-refractivity contribution in [1.82, 2.24) is 15.3 Å². The average Bonchev–Trinajstić information content (AvgIpc) is 3.08. The Morgan fingerprint density at radius 1 is 1.21 bits per heavy atom. The maximum absolute atomic E-state index is 12.7. The number of imide groups is 1. The summed E-state index contributed by atoms with van der Waals surface area (Å²) in [5.74, 6) is 10.5. The lowest BCUT2D eigenvalue weighted by molar-refractivity contribution is -0.127. The fourth-order valence-electron chi connectivity index (χ4n) is 3.36. The predicted molar refractivity (Wildman–Crippen MR) is 128 cm³/mol. The van der Waals surface area contributed by atoms with Crippen molar-refractivity contribution < 1.29 is 14.4 Å². The second kappa shape index (κ2) is 11.4. The molecule has 0 saturated carbocycles. The molecule has 0 spiro atoms. The lowest BCUT2D eigenvalue weighted by atomic mass is 10.1. The summed E-state index contributed by atoms with van der Waals surface area (Å²) in [6.45, 7) is 2.23. The highest BCUT2D eigenvalue weighted by molar-refractivity contribution is 8.15. The summed E-state index contributed by atoms with van der Waals surface area (Å²) in [5, 5.41) is 5.57. The Balaban J connectivity index is 1.46. The third kappa shape index (κ3) is 6.30. The first-order chi connectivity index (χ1) is 15.9. The molecule has 1 aromatic carbocycles. The maximum Gasteiger partial charge on any atom is 0.289 e. The van der Waals surface area contributed by atoms with Gasteiger partial charge in [0.25, 0.3) is 5.24 Å². The normalized spacial score (nSPS) is 16.2. The van der Waals surface area contributed by atoms with Gasteiger partial charge in [0.15, 0.2) is 5.84 Å². The van der Waals surface area contributed by atoms with Gasteiger partial charge in [0.1, 0.15) is 0 Å². The van der Waals surface area contributed by atoms with E-state index >= 15 is 0 Å². The number of anilines is 1. The Labute approximate surface area is 196 Å². The van der Waals surface area contributed by atoms with Crippen LogP contribution in [0, 0.1) is 0 Å². The molecule has 1 aliphatic rings. The molecule has 10 nitrogen and oxygen atoms in total. The molecular formula is C22H27N7O3S. The first kappa shape index (κ1) is 24.2. The SMILES string of the molecule is CCc1ccc(CC2SC(=O)N(CCCC(=O)Nc3ccc(/C(=N/N)NN)cc3)C2=O)cn1.